The van der Waals surface area contributed by atoms with Crippen LogP contribution in [0.2, 0.25) is 0 Å². The van der Waals surface area contributed by atoms with Gasteiger partial charge in [-0.2, -0.15) is 0 Å². The number of benzene rings is 2. The van der Waals surface area contributed by atoms with E-state index in [0.717, 1.165) is 10.8 Å². The number of aromatic nitrogens is 1. The average molecular weight is 400 g/mol. The molecule has 146 valence electrons. The van der Waals surface area contributed by atoms with E-state index < -0.39 is 21.6 Å². The van der Waals surface area contributed by atoms with E-state index in [0.29, 0.717) is 22.1 Å². The standard InChI is InChI=1S/C20H20N2O5S/c1-27-19-8-6-15(7-9-19)20(22(24)14-23)13-28(25,26)12-18-10-16-4-2-3-5-17(16)11-21-18/h2-11,14,20,24H,12-13H2,1H3. The third-order valence-electron chi connectivity index (χ3n) is 4.40. The number of amides is 1. The van der Waals surface area contributed by atoms with Gasteiger partial charge >= 0.3 is 0 Å². The zero-order valence-corrected chi connectivity index (χ0v) is 16.0. The zero-order chi connectivity index (χ0) is 20.1. The fourth-order valence-electron chi connectivity index (χ4n) is 2.96. The van der Waals surface area contributed by atoms with Crippen LogP contribution in [0, 0.1) is 0 Å². The second-order valence-electron chi connectivity index (χ2n) is 6.35. The molecule has 1 amide bonds. The van der Waals surface area contributed by atoms with Crippen molar-refractivity contribution in [2.24, 2.45) is 0 Å². The van der Waals surface area contributed by atoms with Gasteiger partial charge in [0.15, 0.2) is 9.84 Å². The van der Waals surface area contributed by atoms with Crippen molar-refractivity contribution in [3.63, 3.8) is 0 Å². The summed E-state index contributed by atoms with van der Waals surface area (Å²) in [4.78, 5) is 15.3. The molecule has 1 heterocycles. The highest BCUT2D eigenvalue weighted by atomic mass is 32.2. The third kappa shape index (κ3) is 4.65. The number of hydroxylamine groups is 2. The van der Waals surface area contributed by atoms with Gasteiger partial charge in [0.2, 0.25) is 6.41 Å². The minimum Gasteiger partial charge on any atom is -0.497 e. The Morgan fingerprint density at radius 3 is 2.46 bits per heavy atom. The Hall–Kier alpha value is -2.97. The van der Waals surface area contributed by atoms with Crippen LogP contribution in [-0.4, -0.2) is 42.9 Å². The summed E-state index contributed by atoms with van der Waals surface area (Å²) in [6, 6.07) is 14.7. The second-order valence-corrected chi connectivity index (χ2v) is 8.46. The van der Waals surface area contributed by atoms with E-state index >= 15 is 0 Å². The van der Waals surface area contributed by atoms with E-state index in [2.05, 4.69) is 4.98 Å². The Labute approximate surface area is 163 Å². The van der Waals surface area contributed by atoms with Crippen LogP contribution < -0.4 is 4.74 Å². The lowest BCUT2D eigenvalue weighted by Gasteiger charge is -2.23. The number of carbonyl (C=O) groups is 1. The van der Waals surface area contributed by atoms with Gasteiger partial charge in [-0.15, -0.1) is 0 Å². The molecule has 3 rings (SSSR count). The van der Waals surface area contributed by atoms with Crippen LogP contribution >= 0.6 is 0 Å². The Bertz CT molecular complexity index is 1070. The SMILES string of the molecule is COc1ccc(C(CS(=O)(=O)Cc2cc3ccccc3cn2)N(O)C=O)cc1. The largest absolute Gasteiger partial charge is 0.497 e. The molecule has 8 heteroatoms. The fraction of sp³-hybridized carbons (Fsp3) is 0.200. The van der Waals surface area contributed by atoms with E-state index in [1.165, 1.54) is 7.11 Å². The zero-order valence-electron chi connectivity index (χ0n) is 15.2. The lowest BCUT2D eigenvalue weighted by atomic mass is 10.1. The molecule has 0 aliphatic carbocycles. The second kappa shape index (κ2) is 8.37. The summed E-state index contributed by atoms with van der Waals surface area (Å²) < 4.78 is 30.6. The first kappa shape index (κ1) is 19.8. The summed E-state index contributed by atoms with van der Waals surface area (Å²) in [6.45, 7) is 0. The number of sulfone groups is 1. The maximum Gasteiger partial charge on any atom is 0.233 e. The molecule has 3 aromatic rings. The van der Waals surface area contributed by atoms with Gasteiger partial charge in [-0.3, -0.25) is 15.0 Å². The molecule has 2 aromatic carbocycles. The maximum absolute atomic E-state index is 12.7. The van der Waals surface area contributed by atoms with Crippen LogP contribution in [0.15, 0.2) is 60.8 Å². The smallest absolute Gasteiger partial charge is 0.233 e. The van der Waals surface area contributed by atoms with E-state index in [4.69, 9.17) is 4.74 Å². The number of fused-ring (bicyclic) bond motifs is 1. The first-order chi connectivity index (χ1) is 13.4. The van der Waals surface area contributed by atoms with Crippen LogP contribution in [-0.2, 0) is 20.4 Å². The highest BCUT2D eigenvalue weighted by molar-refractivity contribution is 7.90. The van der Waals surface area contributed by atoms with Crippen LogP contribution in [0.1, 0.15) is 17.3 Å². The number of ether oxygens (including phenoxy) is 1. The molecule has 0 fully saturated rings. The number of pyridine rings is 1. The highest BCUT2D eigenvalue weighted by Gasteiger charge is 2.26. The van der Waals surface area contributed by atoms with Crippen molar-refractivity contribution < 1.29 is 23.2 Å². The van der Waals surface area contributed by atoms with E-state index in [9.17, 15) is 18.4 Å². The first-order valence-electron chi connectivity index (χ1n) is 8.52. The van der Waals surface area contributed by atoms with Gasteiger partial charge in [0.25, 0.3) is 0 Å². The molecule has 0 bridgehead atoms. The minimum atomic E-state index is -3.68. The fourth-order valence-corrected chi connectivity index (χ4v) is 4.51. The van der Waals surface area contributed by atoms with Crippen molar-refractivity contribution in [1.82, 2.24) is 10.0 Å². The predicted molar refractivity (Wildman–Crippen MR) is 105 cm³/mol. The molecule has 1 N–H and O–H groups in total. The maximum atomic E-state index is 12.7. The van der Waals surface area contributed by atoms with Crippen molar-refractivity contribution in [3.8, 4) is 5.75 Å². The Morgan fingerprint density at radius 1 is 1.14 bits per heavy atom. The quantitative estimate of drug-likeness (QED) is 0.355. The van der Waals surface area contributed by atoms with Crippen molar-refractivity contribution in [2.75, 3.05) is 12.9 Å². The van der Waals surface area contributed by atoms with Crippen LogP contribution in [0.25, 0.3) is 10.8 Å². The monoisotopic (exact) mass is 400 g/mol. The minimum absolute atomic E-state index is 0.193. The molecule has 0 aliphatic rings. The van der Waals surface area contributed by atoms with Crippen molar-refractivity contribution in [3.05, 3.63) is 72.1 Å². The normalized spacial score (nSPS) is 12.5. The summed E-state index contributed by atoms with van der Waals surface area (Å²) >= 11 is 0. The number of hydrogen-bond donors (Lipinski definition) is 1. The summed E-state index contributed by atoms with van der Waals surface area (Å²) in [5.41, 5.74) is 0.883. The highest BCUT2D eigenvalue weighted by Crippen LogP contribution is 2.24. The van der Waals surface area contributed by atoms with Crippen molar-refractivity contribution >= 4 is 27.0 Å². The van der Waals surface area contributed by atoms with E-state index in [1.807, 2.05) is 24.3 Å². The number of rotatable bonds is 8. The molecule has 0 saturated carbocycles. The average Bonchev–Trinajstić information content (AvgIpc) is 2.71. The molecular weight excluding hydrogens is 380 g/mol. The number of nitrogens with zero attached hydrogens (tertiary/aromatic N) is 2. The summed E-state index contributed by atoms with van der Waals surface area (Å²) in [5, 5.41) is 12.1. The van der Waals surface area contributed by atoms with E-state index in [1.54, 1.807) is 36.5 Å². The molecule has 0 saturated heterocycles. The number of hydrogen-bond acceptors (Lipinski definition) is 6. The topological polar surface area (TPSA) is 96.8 Å². The third-order valence-corrected chi connectivity index (χ3v) is 5.95. The molecule has 0 spiro atoms. The molecule has 0 aliphatic heterocycles. The molecule has 1 atom stereocenters. The van der Waals surface area contributed by atoms with E-state index in [-0.39, 0.29) is 12.2 Å². The van der Waals surface area contributed by atoms with Gasteiger partial charge < -0.3 is 4.74 Å². The van der Waals surface area contributed by atoms with Crippen LogP contribution in [0.3, 0.4) is 0 Å². The lowest BCUT2D eigenvalue weighted by Crippen LogP contribution is -2.30. The Kier molecular flexibility index (Phi) is 5.91. The Balaban J connectivity index is 1.84. The molecular formula is C20H20N2O5S. The van der Waals surface area contributed by atoms with Gasteiger partial charge in [-0.1, -0.05) is 36.4 Å². The summed E-state index contributed by atoms with van der Waals surface area (Å²) in [5.74, 6) is -0.151. The van der Waals surface area contributed by atoms with Crippen molar-refractivity contribution in [1.29, 1.82) is 0 Å². The molecule has 0 radical (unpaired) electrons. The van der Waals surface area contributed by atoms with Gasteiger partial charge in [-0.25, -0.2) is 13.5 Å². The van der Waals surface area contributed by atoms with Gasteiger partial charge in [-0.05, 0) is 29.1 Å². The number of carbonyl (C=O) groups excluding carboxylic acids is 1. The molecule has 1 aromatic heterocycles. The lowest BCUT2D eigenvalue weighted by molar-refractivity contribution is -0.158. The first-order valence-corrected chi connectivity index (χ1v) is 10.3. The summed E-state index contributed by atoms with van der Waals surface area (Å²) in [7, 11) is -2.16. The number of methoxy groups -OCH3 is 1. The predicted octanol–water partition coefficient (Wildman–Crippen LogP) is 2.75. The van der Waals surface area contributed by atoms with Gasteiger partial charge in [0.1, 0.15) is 5.75 Å². The van der Waals surface area contributed by atoms with Gasteiger partial charge in [0.05, 0.1) is 30.4 Å². The summed E-state index contributed by atoms with van der Waals surface area (Å²) in [6.07, 6.45) is 1.82. The van der Waals surface area contributed by atoms with Crippen LogP contribution in [0.5, 0.6) is 5.75 Å². The van der Waals surface area contributed by atoms with Gasteiger partial charge in [0, 0.05) is 11.6 Å². The Morgan fingerprint density at radius 2 is 1.82 bits per heavy atom. The molecule has 7 nitrogen and oxygen atoms in total. The van der Waals surface area contributed by atoms with Crippen molar-refractivity contribution in [2.45, 2.75) is 11.8 Å². The van der Waals surface area contributed by atoms with Crippen LogP contribution in [0.4, 0.5) is 0 Å². The molecule has 28 heavy (non-hydrogen) atoms. The molecule has 1 unspecified atom stereocenters.